The molecule has 0 saturated carbocycles. The van der Waals surface area contributed by atoms with E-state index in [0.717, 1.165) is 18.4 Å². The van der Waals surface area contributed by atoms with Crippen molar-refractivity contribution in [2.75, 3.05) is 0 Å². The van der Waals surface area contributed by atoms with Crippen molar-refractivity contribution >= 4 is 11.9 Å². The lowest BCUT2D eigenvalue weighted by atomic mass is 9.81. The minimum atomic E-state index is -0.545. The number of hydrogen-bond donors (Lipinski definition) is 1. The predicted octanol–water partition coefficient (Wildman–Crippen LogP) is 4.09. The molecule has 4 heteroatoms. The highest BCUT2D eigenvalue weighted by Gasteiger charge is 2.27. The Morgan fingerprint density at radius 3 is 2.41 bits per heavy atom. The first-order valence-corrected chi connectivity index (χ1v) is 7.82. The van der Waals surface area contributed by atoms with Crippen molar-refractivity contribution in [3.05, 3.63) is 35.9 Å². The quantitative estimate of drug-likeness (QED) is 0.787. The molecule has 1 aromatic carbocycles. The van der Waals surface area contributed by atoms with Gasteiger partial charge in [-0.25, -0.2) is 4.79 Å². The molecule has 0 fully saturated rings. The lowest BCUT2D eigenvalue weighted by Gasteiger charge is -2.28. The largest absolute Gasteiger partial charge is 0.445 e. The molecule has 1 N–H and O–H groups in total. The molecule has 1 atom stereocenters. The molecule has 0 aliphatic rings. The summed E-state index contributed by atoms with van der Waals surface area (Å²) in [5, 5.41) is 2.69. The molecule has 0 aliphatic heterocycles. The van der Waals surface area contributed by atoms with Gasteiger partial charge in [0.2, 0.25) is 0 Å². The topological polar surface area (TPSA) is 55.4 Å². The van der Waals surface area contributed by atoms with Crippen LogP contribution >= 0.6 is 0 Å². The van der Waals surface area contributed by atoms with Crippen LogP contribution in [0.25, 0.3) is 0 Å². The van der Waals surface area contributed by atoms with Crippen molar-refractivity contribution in [1.29, 1.82) is 0 Å². The molecule has 1 rings (SSSR count). The maximum Gasteiger partial charge on any atom is 0.408 e. The Morgan fingerprint density at radius 2 is 1.86 bits per heavy atom. The number of alkyl carbamates (subject to hydrolysis) is 1. The van der Waals surface area contributed by atoms with Crippen molar-refractivity contribution in [2.45, 2.75) is 59.6 Å². The van der Waals surface area contributed by atoms with Gasteiger partial charge in [-0.2, -0.15) is 0 Å². The molecule has 0 aliphatic carbocycles. The molecule has 0 aromatic heterocycles. The molecule has 0 heterocycles. The van der Waals surface area contributed by atoms with Crippen LogP contribution in [0.4, 0.5) is 4.79 Å². The Labute approximate surface area is 133 Å². The second-order valence-corrected chi connectivity index (χ2v) is 6.49. The fourth-order valence-corrected chi connectivity index (χ4v) is 2.53. The lowest BCUT2D eigenvalue weighted by molar-refractivity contribution is -0.119. The molecule has 0 saturated heterocycles. The Kier molecular flexibility index (Phi) is 7.09. The van der Waals surface area contributed by atoms with Gasteiger partial charge >= 0.3 is 6.09 Å². The summed E-state index contributed by atoms with van der Waals surface area (Å²) in [6.45, 7) is 8.05. The van der Waals surface area contributed by atoms with E-state index in [1.54, 1.807) is 0 Å². The average molecular weight is 305 g/mol. The van der Waals surface area contributed by atoms with E-state index in [1.165, 1.54) is 6.92 Å². The summed E-state index contributed by atoms with van der Waals surface area (Å²) in [5.41, 5.74) is 0.931. The first-order valence-electron chi connectivity index (χ1n) is 7.82. The van der Waals surface area contributed by atoms with E-state index in [2.05, 4.69) is 26.1 Å². The van der Waals surface area contributed by atoms with Crippen molar-refractivity contribution in [3.63, 3.8) is 0 Å². The Bertz CT molecular complexity index is 482. The minimum absolute atomic E-state index is 0.0117. The number of ketones is 1. The van der Waals surface area contributed by atoms with Crippen molar-refractivity contribution in [1.82, 2.24) is 5.32 Å². The zero-order chi connectivity index (χ0) is 16.6. The molecule has 4 nitrogen and oxygen atoms in total. The summed E-state index contributed by atoms with van der Waals surface area (Å²) in [7, 11) is 0. The van der Waals surface area contributed by atoms with Crippen LogP contribution in [0, 0.1) is 5.41 Å². The molecular weight excluding hydrogens is 278 g/mol. The van der Waals surface area contributed by atoms with Gasteiger partial charge in [-0.1, -0.05) is 57.5 Å². The molecule has 0 radical (unpaired) electrons. The molecule has 0 unspecified atom stereocenters. The van der Waals surface area contributed by atoms with E-state index >= 15 is 0 Å². The van der Waals surface area contributed by atoms with Crippen LogP contribution in [-0.4, -0.2) is 17.9 Å². The van der Waals surface area contributed by atoms with Gasteiger partial charge in [0.05, 0.1) is 6.04 Å². The zero-order valence-electron chi connectivity index (χ0n) is 14.0. The summed E-state index contributed by atoms with van der Waals surface area (Å²) in [6, 6.07) is 8.97. The number of Topliss-reactive ketones (excluding diaryl/α,β-unsaturated/α-hetero) is 1. The molecule has 1 amide bonds. The average Bonchev–Trinajstić information content (AvgIpc) is 2.45. The number of benzene rings is 1. The zero-order valence-corrected chi connectivity index (χ0v) is 14.0. The van der Waals surface area contributed by atoms with Crippen LogP contribution in [0.2, 0.25) is 0 Å². The van der Waals surface area contributed by atoms with Crippen molar-refractivity contribution in [2.24, 2.45) is 5.41 Å². The first kappa shape index (κ1) is 18.2. The third-order valence-electron chi connectivity index (χ3n) is 3.68. The van der Waals surface area contributed by atoms with Crippen LogP contribution in [0.1, 0.15) is 52.5 Å². The highest BCUT2D eigenvalue weighted by Crippen LogP contribution is 2.28. The molecule has 22 heavy (non-hydrogen) atoms. The van der Waals surface area contributed by atoms with Crippen LogP contribution < -0.4 is 5.32 Å². The fraction of sp³-hybridized carbons (Fsp3) is 0.556. The van der Waals surface area contributed by atoms with E-state index in [4.69, 9.17) is 4.74 Å². The summed E-state index contributed by atoms with van der Waals surface area (Å²) in [6.07, 6.45) is 2.14. The monoisotopic (exact) mass is 305 g/mol. The molecule has 1 aromatic rings. The van der Waals surface area contributed by atoms with E-state index < -0.39 is 12.1 Å². The molecular formula is C18H27NO3. The van der Waals surface area contributed by atoms with Crippen molar-refractivity contribution in [3.8, 4) is 0 Å². The highest BCUT2D eigenvalue weighted by atomic mass is 16.5. The SMILES string of the molecule is CCCC(C)(C)C[C@H](NC(=O)OCc1ccccc1)C(C)=O. The number of amides is 1. The summed E-state index contributed by atoms with van der Waals surface area (Å²) in [5.74, 6) is -0.0409. The summed E-state index contributed by atoms with van der Waals surface area (Å²) >= 11 is 0. The number of hydrogen-bond acceptors (Lipinski definition) is 3. The predicted molar refractivity (Wildman–Crippen MR) is 87.5 cm³/mol. The number of ether oxygens (including phenoxy) is 1. The van der Waals surface area contributed by atoms with Crippen LogP contribution in [-0.2, 0) is 16.1 Å². The normalized spacial score (nSPS) is 12.5. The maximum absolute atomic E-state index is 11.9. The van der Waals surface area contributed by atoms with Gasteiger partial charge < -0.3 is 10.1 Å². The van der Waals surface area contributed by atoms with E-state index in [0.29, 0.717) is 6.42 Å². The third kappa shape index (κ3) is 6.74. The van der Waals surface area contributed by atoms with Gasteiger partial charge in [0.15, 0.2) is 5.78 Å². The van der Waals surface area contributed by atoms with Gasteiger partial charge in [-0.15, -0.1) is 0 Å². The number of carbonyl (C=O) groups excluding carboxylic acids is 2. The van der Waals surface area contributed by atoms with Gasteiger partial charge in [-0.3, -0.25) is 4.79 Å². The van der Waals surface area contributed by atoms with Gasteiger partial charge in [0.25, 0.3) is 0 Å². The maximum atomic E-state index is 11.9. The number of rotatable bonds is 8. The van der Waals surface area contributed by atoms with E-state index in [1.807, 2.05) is 30.3 Å². The first-order chi connectivity index (χ1) is 10.3. The van der Waals surface area contributed by atoms with Crippen molar-refractivity contribution < 1.29 is 14.3 Å². The minimum Gasteiger partial charge on any atom is -0.445 e. The van der Waals surface area contributed by atoms with Crippen LogP contribution in [0.5, 0.6) is 0 Å². The Hall–Kier alpha value is -1.84. The fourth-order valence-electron chi connectivity index (χ4n) is 2.53. The number of nitrogens with one attached hydrogen (secondary N) is 1. The van der Waals surface area contributed by atoms with E-state index in [-0.39, 0.29) is 17.8 Å². The summed E-state index contributed by atoms with van der Waals surface area (Å²) in [4.78, 5) is 23.7. The Morgan fingerprint density at radius 1 is 1.23 bits per heavy atom. The van der Waals surface area contributed by atoms with Crippen LogP contribution in [0.15, 0.2) is 30.3 Å². The second kappa shape index (κ2) is 8.57. The Balaban J connectivity index is 2.52. The lowest BCUT2D eigenvalue weighted by Crippen LogP contribution is -2.42. The standard InChI is InChI=1S/C18H27NO3/c1-5-11-18(3,4)12-16(14(2)20)19-17(21)22-13-15-9-7-6-8-10-15/h6-10,16H,5,11-13H2,1-4H3,(H,19,21)/t16-/m0/s1. The van der Waals surface area contributed by atoms with E-state index in [9.17, 15) is 9.59 Å². The third-order valence-corrected chi connectivity index (χ3v) is 3.68. The molecule has 0 spiro atoms. The van der Waals surface area contributed by atoms with Gasteiger partial charge in [0.1, 0.15) is 6.61 Å². The van der Waals surface area contributed by atoms with Crippen LogP contribution in [0.3, 0.4) is 0 Å². The van der Waals surface area contributed by atoms with Gasteiger partial charge in [-0.05, 0) is 30.7 Å². The number of carbonyl (C=O) groups is 2. The molecule has 122 valence electrons. The summed E-state index contributed by atoms with van der Waals surface area (Å²) < 4.78 is 5.18. The van der Waals surface area contributed by atoms with Gasteiger partial charge in [0, 0.05) is 0 Å². The molecule has 0 bridgehead atoms. The smallest absolute Gasteiger partial charge is 0.408 e. The highest BCUT2D eigenvalue weighted by molar-refractivity contribution is 5.85. The second-order valence-electron chi connectivity index (χ2n) is 6.49.